The van der Waals surface area contributed by atoms with Crippen molar-refractivity contribution in [3.63, 3.8) is 0 Å². The first-order valence-corrected chi connectivity index (χ1v) is 10.4. The molecule has 0 unspecified atom stereocenters. The number of nitro benzene ring substituents is 1. The maximum Gasteiger partial charge on any atom is 0.271 e. The predicted molar refractivity (Wildman–Crippen MR) is 129 cm³/mol. The summed E-state index contributed by atoms with van der Waals surface area (Å²) >= 11 is 0. The van der Waals surface area contributed by atoms with Gasteiger partial charge in [0, 0.05) is 17.7 Å². The maximum atomic E-state index is 12.4. The summed E-state index contributed by atoms with van der Waals surface area (Å²) < 4.78 is 11.2. The standard InChI is InChI=1S/C26H21N3O5/c1-33-25-14-19(8-13-24(25)34-17-18-6-11-23(12-7-18)29(31)32)16-27-28-26(30)22-10-9-20-4-2-3-5-21(20)15-22/h2-16H,17H2,1H3,(H,28,30)/b27-16-. The predicted octanol–water partition coefficient (Wildman–Crippen LogP) is 5.10. The van der Waals surface area contributed by atoms with Crippen LogP contribution in [0.5, 0.6) is 11.5 Å². The van der Waals surface area contributed by atoms with Crippen molar-refractivity contribution in [1.82, 2.24) is 5.43 Å². The van der Waals surface area contributed by atoms with Gasteiger partial charge in [0.05, 0.1) is 18.2 Å². The van der Waals surface area contributed by atoms with Crippen LogP contribution in [-0.2, 0) is 6.61 Å². The Balaban J connectivity index is 1.38. The fourth-order valence-electron chi connectivity index (χ4n) is 3.32. The van der Waals surface area contributed by atoms with Crippen LogP contribution in [0.2, 0.25) is 0 Å². The lowest BCUT2D eigenvalue weighted by Crippen LogP contribution is -2.17. The van der Waals surface area contributed by atoms with Gasteiger partial charge >= 0.3 is 0 Å². The Hall–Kier alpha value is -4.72. The van der Waals surface area contributed by atoms with Gasteiger partial charge in [-0.15, -0.1) is 0 Å². The van der Waals surface area contributed by atoms with E-state index in [4.69, 9.17) is 9.47 Å². The van der Waals surface area contributed by atoms with Crippen molar-refractivity contribution in [2.24, 2.45) is 5.10 Å². The molecule has 0 heterocycles. The zero-order valence-corrected chi connectivity index (χ0v) is 18.3. The van der Waals surface area contributed by atoms with Gasteiger partial charge in [0.25, 0.3) is 11.6 Å². The average molecular weight is 455 g/mol. The number of hydrogen-bond donors (Lipinski definition) is 1. The molecule has 0 aliphatic rings. The van der Waals surface area contributed by atoms with Crippen molar-refractivity contribution in [3.8, 4) is 11.5 Å². The van der Waals surface area contributed by atoms with E-state index in [2.05, 4.69) is 10.5 Å². The van der Waals surface area contributed by atoms with Gasteiger partial charge in [-0.25, -0.2) is 5.43 Å². The van der Waals surface area contributed by atoms with Crippen LogP contribution in [0.3, 0.4) is 0 Å². The summed E-state index contributed by atoms with van der Waals surface area (Å²) in [5.41, 5.74) is 4.57. The summed E-state index contributed by atoms with van der Waals surface area (Å²) in [5, 5.41) is 16.8. The molecule has 4 aromatic rings. The highest BCUT2D eigenvalue weighted by Crippen LogP contribution is 2.28. The van der Waals surface area contributed by atoms with Crippen molar-refractivity contribution in [1.29, 1.82) is 0 Å². The summed E-state index contributed by atoms with van der Waals surface area (Å²) in [4.78, 5) is 22.7. The number of carbonyl (C=O) groups is 1. The number of nitrogens with zero attached hydrogens (tertiary/aromatic N) is 2. The van der Waals surface area contributed by atoms with E-state index in [1.165, 1.54) is 25.5 Å². The Morgan fingerprint density at radius 1 is 0.971 bits per heavy atom. The van der Waals surface area contributed by atoms with E-state index in [1.807, 2.05) is 36.4 Å². The average Bonchev–Trinajstić information content (AvgIpc) is 2.87. The molecule has 34 heavy (non-hydrogen) atoms. The third-order valence-electron chi connectivity index (χ3n) is 5.12. The number of fused-ring (bicyclic) bond motifs is 1. The molecule has 0 fully saturated rings. The molecule has 1 amide bonds. The number of carbonyl (C=O) groups excluding carboxylic acids is 1. The highest BCUT2D eigenvalue weighted by Gasteiger charge is 2.08. The Morgan fingerprint density at radius 2 is 1.74 bits per heavy atom. The molecule has 0 saturated carbocycles. The molecule has 0 bridgehead atoms. The molecule has 170 valence electrons. The van der Waals surface area contributed by atoms with Gasteiger partial charge in [-0.2, -0.15) is 5.10 Å². The van der Waals surface area contributed by atoms with Gasteiger partial charge in [-0.05, 0) is 64.4 Å². The number of amides is 1. The highest BCUT2D eigenvalue weighted by atomic mass is 16.6. The molecule has 0 aliphatic heterocycles. The lowest BCUT2D eigenvalue weighted by atomic mass is 10.1. The van der Waals surface area contributed by atoms with E-state index in [9.17, 15) is 14.9 Å². The topological polar surface area (TPSA) is 103 Å². The lowest BCUT2D eigenvalue weighted by molar-refractivity contribution is -0.384. The van der Waals surface area contributed by atoms with Crippen LogP contribution in [0.25, 0.3) is 10.8 Å². The van der Waals surface area contributed by atoms with E-state index in [0.717, 1.165) is 16.3 Å². The van der Waals surface area contributed by atoms with Crippen molar-refractivity contribution in [2.45, 2.75) is 6.61 Å². The van der Waals surface area contributed by atoms with Crippen LogP contribution in [0.15, 0.2) is 90.0 Å². The van der Waals surface area contributed by atoms with Crippen molar-refractivity contribution < 1.29 is 19.2 Å². The van der Waals surface area contributed by atoms with Gasteiger partial charge in [-0.1, -0.05) is 30.3 Å². The number of rotatable bonds is 8. The number of nitrogens with one attached hydrogen (secondary N) is 1. The normalized spacial score (nSPS) is 10.9. The fraction of sp³-hybridized carbons (Fsp3) is 0.0769. The Bertz CT molecular complexity index is 1370. The Labute approximate surface area is 195 Å². The zero-order chi connectivity index (χ0) is 23.9. The molecule has 0 spiro atoms. The summed E-state index contributed by atoms with van der Waals surface area (Å²) in [6, 6.07) is 24.7. The SMILES string of the molecule is COc1cc(/C=N\NC(=O)c2ccc3ccccc3c2)ccc1OCc1ccc([N+](=O)[O-])cc1. The minimum atomic E-state index is -0.446. The second-order valence-electron chi connectivity index (χ2n) is 7.38. The molecule has 4 aromatic carbocycles. The summed E-state index contributed by atoms with van der Waals surface area (Å²) in [7, 11) is 1.52. The van der Waals surface area contributed by atoms with Gasteiger partial charge in [0.1, 0.15) is 6.61 Å². The molecular weight excluding hydrogens is 434 g/mol. The number of hydrazone groups is 1. The molecule has 0 aromatic heterocycles. The van der Waals surface area contributed by atoms with Crippen LogP contribution in [0, 0.1) is 10.1 Å². The minimum absolute atomic E-state index is 0.0256. The largest absolute Gasteiger partial charge is 0.493 e. The van der Waals surface area contributed by atoms with Crippen molar-refractivity contribution in [2.75, 3.05) is 7.11 Å². The van der Waals surface area contributed by atoms with E-state index in [1.54, 1.807) is 36.4 Å². The first-order chi connectivity index (χ1) is 16.5. The summed E-state index contributed by atoms with van der Waals surface area (Å²) in [6.45, 7) is 0.226. The molecule has 0 saturated heterocycles. The van der Waals surface area contributed by atoms with Crippen LogP contribution in [0.1, 0.15) is 21.5 Å². The minimum Gasteiger partial charge on any atom is -0.493 e. The van der Waals surface area contributed by atoms with Crippen LogP contribution in [0.4, 0.5) is 5.69 Å². The van der Waals surface area contributed by atoms with Crippen LogP contribution >= 0.6 is 0 Å². The Kier molecular flexibility index (Phi) is 6.78. The third kappa shape index (κ3) is 5.36. The van der Waals surface area contributed by atoms with Crippen molar-refractivity contribution in [3.05, 3.63) is 112 Å². The maximum absolute atomic E-state index is 12.4. The van der Waals surface area contributed by atoms with E-state index >= 15 is 0 Å². The second-order valence-corrected chi connectivity index (χ2v) is 7.38. The van der Waals surface area contributed by atoms with Crippen LogP contribution in [-0.4, -0.2) is 24.2 Å². The van der Waals surface area contributed by atoms with E-state index in [0.29, 0.717) is 22.6 Å². The van der Waals surface area contributed by atoms with Gasteiger partial charge in [0.2, 0.25) is 0 Å². The monoisotopic (exact) mass is 455 g/mol. The fourth-order valence-corrected chi connectivity index (χ4v) is 3.32. The number of benzene rings is 4. The molecule has 8 nitrogen and oxygen atoms in total. The third-order valence-corrected chi connectivity index (χ3v) is 5.12. The van der Waals surface area contributed by atoms with E-state index < -0.39 is 4.92 Å². The number of nitro groups is 1. The summed E-state index contributed by atoms with van der Waals surface area (Å²) in [6.07, 6.45) is 1.52. The van der Waals surface area contributed by atoms with Gasteiger partial charge in [-0.3, -0.25) is 14.9 Å². The zero-order valence-electron chi connectivity index (χ0n) is 18.3. The number of methoxy groups -OCH3 is 1. The number of ether oxygens (including phenoxy) is 2. The lowest BCUT2D eigenvalue weighted by Gasteiger charge is -2.11. The van der Waals surface area contributed by atoms with Crippen LogP contribution < -0.4 is 14.9 Å². The van der Waals surface area contributed by atoms with E-state index in [-0.39, 0.29) is 18.2 Å². The molecule has 0 atom stereocenters. The molecule has 1 N–H and O–H groups in total. The molecule has 0 aliphatic carbocycles. The molecule has 8 heteroatoms. The van der Waals surface area contributed by atoms with Gasteiger partial charge in [0.15, 0.2) is 11.5 Å². The first kappa shape index (κ1) is 22.5. The van der Waals surface area contributed by atoms with Crippen molar-refractivity contribution >= 4 is 28.6 Å². The summed E-state index contributed by atoms with van der Waals surface area (Å²) in [5.74, 6) is 0.696. The number of non-ortho nitro benzene ring substituents is 1. The van der Waals surface area contributed by atoms with Gasteiger partial charge < -0.3 is 9.47 Å². The second kappa shape index (κ2) is 10.3. The number of hydrogen-bond acceptors (Lipinski definition) is 6. The Morgan fingerprint density at radius 3 is 2.47 bits per heavy atom. The smallest absolute Gasteiger partial charge is 0.271 e. The first-order valence-electron chi connectivity index (χ1n) is 10.4. The molecule has 4 rings (SSSR count). The highest BCUT2D eigenvalue weighted by molar-refractivity contribution is 5.99. The quantitative estimate of drug-likeness (QED) is 0.226. The molecular formula is C26H21N3O5. The molecule has 0 radical (unpaired) electrons.